The van der Waals surface area contributed by atoms with Crippen molar-refractivity contribution in [3.8, 4) is 0 Å². The highest BCUT2D eigenvalue weighted by atomic mass is 79.9. The van der Waals surface area contributed by atoms with Gasteiger partial charge in [0.1, 0.15) is 6.04 Å². The zero-order valence-electron chi connectivity index (χ0n) is 13.3. The van der Waals surface area contributed by atoms with Crippen LogP contribution >= 0.6 is 27.7 Å². The molecule has 0 radical (unpaired) electrons. The number of hydrogen-bond donors (Lipinski definition) is 2. The van der Waals surface area contributed by atoms with Crippen molar-refractivity contribution < 1.29 is 9.59 Å². The minimum Gasteiger partial charge on any atom is -0.340 e. The molecule has 0 aliphatic rings. The van der Waals surface area contributed by atoms with Crippen LogP contribution in [0.4, 0.5) is 5.69 Å². The molecule has 0 fully saturated rings. The minimum absolute atomic E-state index is 0.212. The van der Waals surface area contributed by atoms with Crippen molar-refractivity contribution in [1.29, 1.82) is 0 Å². The summed E-state index contributed by atoms with van der Waals surface area (Å²) < 4.78 is 0.941. The number of halogens is 1. The predicted octanol–water partition coefficient (Wildman–Crippen LogP) is 3.94. The molecule has 2 N–H and O–H groups in total. The maximum absolute atomic E-state index is 12.5. The number of anilines is 1. The summed E-state index contributed by atoms with van der Waals surface area (Å²) in [5.74, 6) is 0.330. The molecule has 6 heteroatoms. The van der Waals surface area contributed by atoms with Crippen LogP contribution in [-0.2, 0) is 4.79 Å². The highest BCUT2D eigenvalue weighted by Crippen LogP contribution is 2.15. The topological polar surface area (TPSA) is 58.2 Å². The van der Waals surface area contributed by atoms with Crippen LogP contribution in [0.15, 0.2) is 59.1 Å². The van der Waals surface area contributed by atoms with E-state index in [1.54, 1.807) is 36.0 Å². The first kappa shape index (κ1) is 18.5. The van der Waals surface area contributed by atoms with Gasteiger partial charge >= 0.3 is 0 Å². The Balaban J connectivity index is 2.04. The van der Waals surface area contributed by atoms with E-state index < -0.39 is 6.04 Å². The van der Waals surface area contributed by atoms with Crippen molar-refractivity contribution in [1.82, 2.24) is 5.32 Å². The molecule has 0 unspecified atom stereocenters. The fourth-order valence-corrected chi connectivity index (χ4v) is 2.83. The van der Waals surface area contributed by atoms with E-state index in [0.717, 1.165) is 10.2 Å². The van der Waals surface area contributed by atoms with Gasteiger partial charge in [0.05, 0.1) is 0 Å². The van der Waals surface area contributed by atoms with Crippen LogP contribution in [0, 0.1) is 0 Å². The van der Waals surface area contributed by atoms with Gasteiger partial charge in [-0.15, -0.1) is 0 Å². The van der Waals surface area contributed by atoms with Gasteiger partial charge in [-0.3, -0.25) is 9.59 Å². The molecule has 2 amide bonds. The number of carbonyl (C=O) groups excluding carboxylic acids is 2. The largest absolute Gasteiger partial charge is 0.340 e. The number of amides is 2. The quantitative estimate of drug-likeness (QED) is 0.731. The molecule has 0 saturated carbocycles. The molecule has 4 nitrogen and oxygen atoms in total. The third-order valence-electron chi connectivity index (χ3n) is 3.38. The maximum Gasteiger partial charge on any atom is 0.251 e. The Morgan fingerprint density at radius 2 is 1.75 bits per heavy atom. The number of rotatable bonds is 7. The van der Waals surface area contributed by atoms with Crippen molar-refractivity contribution in [2.75, 3.05) is 17.3 Å². The van der Waals surface area contributed by atoms with Gasteiger partial charge in [0.15, 0.2) is 0 Å². The van der Waals surface area contributed by atoms with Gasteiger partial charge < -0.3 is 10.6 Å². The smallest absolute Gasteiger partial charge is 0.251 e. The molecule has 2 aromatic rings. The Hall–Kier alpha value is -1.79. The number of benzene rings is 2. The molecule has 0 heterocycles. The zero-order valence-corrected chi connectivity index (χ0v) is 15.7. The lowest BCUT2D eigenvalue weighted by Gasteiger charge is -2.18. The molecular weight excluding hydrogens is 388 g/mol. The second kappa shape index (κ2) is 9.49. The molecule has 126 valence electrons. The summed E-state index contributed by atoms with van der Waals surface area (Å²) in [5, 5.41) is 5.68. The normalized spacial score (nSPS) is 11.6. The average Bonchev–Trinajstić information content (AvgIpc) is 2.61. The van der Waals surface area contributed by atoms with Crippen molar-refractivity contribution in [2.45, 2.75) is 12.5 Å². The zero-order chi connectivity index (χ0) is 17.4. The van der Waals surface area contributed by atoms with Gasteiger partial charge in [0.25, 0.3) is 5.91 Å². The number of hydrogen-bond acceptors (Lipinski definition) is 3. The minimum atomic E-state index is -0.575. The van der Waals surface area contributed by atoms with Gasteiger partial charge in [-0.25, -0.2) is 0 Å². The number of nitrogens with one attached hydrogen (secondary N) is 2. The molecule has 2 aromatic carbocycles. The standard InChI is InChI=1S/C18H19BrN2O2S/c1-24-12-11-16(21-17(22)13-5-3-2-4-6-13)18(23)20-15-9-7-14(19)8-10-15/h2-10,16H,11-12H2,1H3,(H,20,23)(H,21,22)/t16-/m1/s1. The molecule has 0 aliphatic carbocycles. The Bertz CT molecular complexity index is 677. The van der Waals surface area contributed by atoms with E-state index in [-0.39, 0.29) is 11.8 Å². The fourth-order valence-electron chi connectivity index (χ4n) is 2.10. The number of carbonyl (C=O) groups is 2. The van der Waals surface area contributed by atoms with E-state index >= 15 is 0 Å². The summed E-state index contributed by atoms with van der Waals surface area (Å²) in [4.78, 5) is 24.8. The number of thioether (sulfide) groups is 1. The first-order chi connectivity index (χ1) is 11.6. The van der Waals surface area contributed by atoms with Gasteiger partial charge in [0.2, 0.25) is 5.91 Å². The molecule has 1 atom stereocenters. The van der Waals surface area contributed by atoms with Gasteiger partial charge in [-0.05, 0) is 54.8 Å². The monoisotopic (exact) mass is 406 g/mol. The van der Waals surface area contributed by atoms with Crippen LogP contribution in [-0.4, -0.2) is 29.9 Å². The Kier molecular flexibility index (Phi) is 7.34. The summed E-state index contributed by atoms with van der Waals surface area (Å²) in [6.07, 6.45) is 2.55. The molecule has 0 aliphatic heterocycles. The SMILES string of the molecule is CSCC[C@@H](NC(=O)c1ccccc1)C(=O)Nc1ccc(Br)cc1. The van der Waals surface area contributed by atoms with Gasteiger partial charge in [-0.2, -0.15) is 11.8 Å². The Morgan fingerprint density at radius 1 is 1.08 bits per heavy atom. The highest BCUT2D eigenvalue weighted by Gasteiger charge is 2.21. The van der Waals surface area contributed by atoms with Crippen molar-refractivity contribution in [2.24, 2.45) is 0 Å². The molecule has 0 aromatic heterocycles. The summed E-state index contributed by atoms with van der Waals surface area (Å²) in [6.45, 7) is 0. The predicted molar refractivity (Wildman–Crippen MR) is 103 cm³/mol. The molecular formula is C18H19BrN2O2S. The van der Waals surface area contributed by atoms with Crippen LogP contribution in [0.5, 0.6) is 0 Å². The molecule has 0 bridgehead atoms. The third-order valence-corrected chi connectivity index (χ3v) is 4.55. The lowest BCUT2D eigenvalue weighted by Crippen LogP contribution is -2.44. The van der Waals surface area contributed by atoms with Crippen molar-refractivity contribution in [3.05, 3.63) is 64.6 Å². The van der Waals surface area contributed by atoms with Crippen molar-refractivity contribution in [3.63, 3.8) is 0 Å². The summed E-state index contributed by atoms with van der Waals surface area (Å²) in [7, 11) is 0. The van der Waals surface area contributed by atoms with E-state index in [1.165, 1.54) is 0 Å². The van der Waals surface area contributed by atoms with E-state index in [4.69, 9.17) is 0 Å². The van der Waals surface area contributed by atoms with Crippen LogP contribution in [0.25, 0.3) is 0 Å². The summed E-state index contributed by atoms with van der Waals surface area (Å²) >= 11 is 5.00. The van der Waals surface area contributed by atoms with Crippen LogP contribution in [0.3, 0.4) is 0 Å². The average molecular weight is 407 g/mol. The van der Waals surface area contributed by atoms with E-state index in [2.05, 4.69) is 26.6 Å². The summed E-state index contributed by atoms with van der Waals surface area (Å²) in [5.41, 5.74) is 1.24. The Morgan fingerprint density at radius 3 is 2.38 bits per heavy atom. The highest BCUT2D eigenvalue weighted by molar-refractivity contribution is 9.10. The van der Waals surface area contributed by atoms with Crippen LogP contribution in [0.2, 0.25) is 0 Å². The maximum atomic E-state index is 12.5. The second-order valence-electron chi connectivity index (χ2n) is 5.17. The lowest BCUT2D eigenvalue weighted by atomic mass is 10.1. The summed E-state index contributed by atoms with van der Waals surface area (Å²) in [6, 6.07) is 15.7. The molecule has 0 spiro atoms. The van der Waals surface area contributed by atoms with Gasteiger partial charge in [-0.1, -0.05) is 34.1 Å². The fraction of sp³-hybridized carbons (Fsp3) is 0.222. The van der Waals surface area contributed by atoms with Gasteiger partial charge in [0, 0.05) is 15.7 Å². The van der Waals surface area contributed by atoms with E-state index in [0.29, 0.717) is 17.7 Å². The molecule has 24 heavy (non-hydrogen) atoms. The first-order valence-corrected chi connectivity index (χ1v) is 9.70. The van der Waals surface area contributed by atoms with E-state index in [9.17, 15) is 9.59 Å². The van der Waals surface area contributed by atoms with Crippen LogP contribution in [0.1, 0.15) is 16.8 Å². The lowest BCUT2D eigenvalue weighted by molar-refractivity contribution is -0.118. The first-order valence-electron chi connectivity index (χ1n) is 7.51. The third kappa shape index (κ3) is 5.69. The van der Waals surface area contributed by atoms with Crippen LogP contribution < -0.4 is 10.6 Å². The second-order valence-corrected chi connectivity index (χ2v) is 7.07. The Labute approximate surface area is 154 Å². The molecule has 2 rings (SSSR count). The van der Waals surface area contributed by atoms with Crippen molar-refractivity contribution >= 4 is 45.2 Å². The van der Waals surface area contributed by atoms with E-state index in [1.807, 2.05) is 36.6 Å². The molecule has 0 saturated heterocycles.